The van der Waals surface area contributed by atoms with Crippen molar-refractivity contribution in [2.75, 3.05) is 10.6 Å². The quantitative estimate of drug-likeness (QED) is 0.648. The Morgan fingerprint density at radius 2 is 1.46 bits per heavy atom. The molecule has 0 aliphatic heterocycles. The lowest BCUT2D eigenvalue weighted by molar-refractivity contribution is 0.262. The van der Waals surface area contributed by atoms with Crippen LogP contribution in [0.1, 0.15) is 0 Å². The Hall–Kier alpha value is -2.79. The molecule has 24 heavy (non-hydrogen) atoms. The maximum absolute atomic E-state index is 12.9. The number of carbonyl (C=O) groups excluding carboxylic acids is 1. The van der Waals surface area contributed by atoms with Gasteiger partial charge in [0.1, 0.15) is 5.82 Å². The molecule has 0 radical (unpaired) electrons. The zero-order valence-electron chi connectivity index (χ0n) is 12.7. The first kappa shape index (κ1) is 16.1. The summed E-state index contributed by atoms with van der Waals surface area (Å²) in [5.74, 6) is -0.342. The lowest BCUT2D eigenvalue weighted by atomic mass is 10.3. The molecule has 0 bridgehead atoms. The Morgan fingerprint density at radius 3 is 2.21 bits per heavy atom. The number of nitrogens with one attached hydrogen (secondary N) is 2. The predicted molar refractivity (Wildman–Crippen MR) is 96.0 cm³/mol. The molecule has 0 saturated heterocycles. The second kappa shape index (κ2) is 7.66. The average molecular weight is 338 g/mol. The van der Waals surface area contributed by atoms with E-state index in [4.69, 9.17) is 0 Å². The van der Waals surface area contributed by atoms with E-state index in [-0.39, 0.29) is 11.8 Å². The fourth-order valence-electron chi connectivity index (χ4n) is 2.09. The summed E-state index contributed by atoms with van der Waals surface area (Å²) >= 11 is 1.57. The number of benzene rings is 3. The normalized spacial score (nSPS) is 10.2. The number of hydrogen-bond donors (Lipinski definition) is 2. The van der Waals surface area contributed by atoms with Gasteiger partial charge in [-0.15, -0.1) is 0 Å². The Balaban J connectivity index is 1.70. The highest BCUT2D eigenvalue weighted by molar-refractivity contribution is 7.99. The molecule has 0 heterocycles. The maximum atomic E-state index is 12.9. The van der Waals surface area contributed by atoms with E-state index in [0.29, 0.717) is 11.4 Å². The Morgan fingerprint density at radius 1 is 0.792 bits per heavy atom. The van der Waals surface area contributed by atoms with E-state index in [9.17, 15) is 9.18 Å². The number of para-hydroxylation sites is 1. The number of hydrogen-bond acceptors (Lipinski definition) is 2. The van der Waals surface area contributed by atoms with Gasteiger partial charge < -0.3 is 10.6 Å². The summed E-state index contributed by atoms with van der Waals surface area (Å²) in [7, 11) is 0. The zero-order chi connectivity index (χ0) is 16.8. The Kier molecular flexibility index (Phi) is 5.13. The number of rotatable bonds is 4. The van der Waals surface area contributed by atoms with E-state index in [1.165, 1.54) is 24.3 Å². The van der Waals surface area contributed by atoms with E-state index in [0.717, 1.165) is 9.79 Å². The van der Waals surface area contributed by atoms with Crippen molar-refractivity contribution in [3.8, 4) is 0 Å². The van der Waals surface area contributed by atoms with Crippen molar-refractivity contribution >= 4 is 29.2 Å². The molecular weight excluding hydrogens is 323 g/mol. The van der Waals surface area contributed by atoms with Crippen LogP contribution in [0.2, 0.25) is 0 Å². The van der Waals surface area contributed by atoms with Crippen molar-refractivity contribution in [1.29, 1.82) is 0 Å². The van der Waals surface area contributed by atoms with Crippen molar-refractivity contribution in [1.82, 2.24) is 0 Å². The van der Waals surface area contributed by atoms with Crippen LogP contribution in [0.3, 0.4) is 0 Å². The van der Waals surface area contributed by atoms with Crippen LogP contribution in [0.5, 0.6) is 0 Å². The SMILES string of the molecule is O=C(Nc1ccc(F)cc1)Nc1ccccc1Sc1ccccc1. The van der Waals surface area contributed by atoms with E-state index >= 15 is 0 Å². The molecule has 0 aliphatic rings. The minimum Gasteiger partial charge on any atom is -0.308 e. The molecule has 0 fully saturated rings. The maximum Gasteiger partial charge on any atom is 0.323 e. The highest BCUT2D eigenvalue weighted by Crippen LogP contribution is 2.33. The number of urea groups is 1. The van der Waals surface area contributed by atoms with E-state index < -0.39 is 0 Å². The molecular formula is C19H15FN2OS. The zero-order valence-corrected chi connectivity index (χ0v) is 13.5. The third-order valence-corrected chi connectivity index (χ3v) is 4.29. The van der Waals surface area contributed by atoms with Gasteiger partial charge in [0, 0.05) is 15.5 Å². The average Bonchev–Trinajstić information content (AvgIpc) is 2.60. The minimum atomic E-state index is -0.372. The van der Waals surface area contributed by atoms with Gasteiger partial charge in [0.25, 0.3) is 0 Å². The van der Waals surface area contributed by atoms with Crippen molar-refractivity contribution in [2.24, 2.45) is 0 Å². The first-order valence-corrected chi connectivity index (χ1v) is 8.18. The highest BCUT2D eigenvalue weighted by Gasteiger charge is 2.08. The summed E-state index contributed by atoms with van der Waals surface area (Å²) in [4.78, 5) is 14.2. The standard InChI is InChI=1S/C19H15FN2OS/c20-14-10-12-15(13-11-14)21-19(23)22-17-8-4-5-9-18(17)24-16-6-2-1-3-7-16/h1-13H,(H2,21,22,23). The fraction of sp³-hybridized carbons (Fsp3) is 0. The molecule has 0 atom stereocenters. The summed E-state index contributed by atoms with van der Waals surface area (Å²) < 4.78 is 12.9. The molecule has 2 N–H and O–H groups in total. The van der Waals surface area contributed by atoms with E-state index in [1.807, 2.05) is 54.6 Å². The molecule has 3 aromatic carbocycles. The molecule has 0 aromatic heterocycles. The molecule has 0 aliphatic carbocycles. The Labute approximate surface area is 143 Å². The second-order valence-electron chi connectivity index (χ2n) is 5.00. The van der Waals surface area contributed by atoms with Gasteiger partial charge in [0.05, 0.1) is 5.69 Å². The number of carbonyl (C=O) groups is 1. The van der Waals surface area contributed by atoms with E-state index in [2.05, 4.69) is 10.6 Å². The van der Waals surface area contributed by atoms with Crippen LogP contribution in [0.4, 0.5) is 20.6 Å². The summed E-state index contributed by atoms with van der Waals surface area (Å²) in [6.07, 6.45) is 0. The molecule has 0 unspecified atom stereocenters. The lowest BCUT2D eigenvalue weighted by Gasteiger charge is -2.11. The van der Waals surface area contributed by atoms with Gasteiger partial charge in [0.15, 0.2) is 0 Å². The smallest absolute Gasteiger partial charge is 0.308 e. The van der Waals surface area contributed by atoms with Gasteiger partial charge in [-0.3, -0.25) is 0 Å². The third kappa shape index (κ3) is 4.36. The van der Waals surface area contributed by atoms with Gasteiger partial charge in [-0.2, -0.15) is 0 Å². The molecule has 3 rings (SSSR count). The summed E-state index contributed by atoms with van der Waals surface area (Å²) in [5.41, 5.74) is 1.24. The molecule has 120 valence electrons. The van der Waals surface area contributed by atoms with Gasteiger partial charge in [0.2, 0.25) is 0 Å². The van der Waals surface area contributed by atoms with Gasteiger partial charge in [-0.05, 0) is 48.5 Å². The summed E-state index contributed by atoms with van der Waals surface area (Å²) in [6, 6.07) is 22.8. The van der Waals surface area contributed by atoms with Crippen LogP contribution in [0.25, 0.3) is 0 Å². The van der Waals surface area contributed by atoms with Gasteiger partial charge >= 0.3 is 6.03 Å². The molecule has 0 saturated carbocycles. The highest BCUT2D eigenvalue weighted by atomic mass is 32.2. The molecule has 0 spiro atoms. The van der Waals surface area contributed by atoms with Crippen LogP contribution < -0.4 is 10.6 Å². The Bertz CT molecular complexity index is 822. The monoisotopic (exact) mass is 338 g/mol. The third-order valence-electron chi connectivity index (χ3n) is 3.21. The van der Waals surface area contributed by atoms with E-state index in [1.54, 1.807) is 11.8 Å². The lowest BCUT2D eigenvalue weighted by Crippen LogP contribution is -2.19. The molecule has 3 aromatic rings. The second-order valence-corrected chi connectivity index (χ2v) is 6.11. The number of amides is 2. The van der Waals surface area contributed by atoms with Crippen molar-refractivity contribution in [3.05, 3.63) is 84.7 Å². The van der Waals surface area contributed by atoms with Crippen molar-refractivity contribution in [2.45, 2.75) is 9.79 Å². The molecule has 5 heteroatoms. The topological polar surface area (TPSA) is 41.1 Å². The van der Waals surface area contributed by atoms with Gasteiger partial charge in [-0.1, -0.05) is 42.1 Å². The minimum absolute atomic E-state index is 0.342. The number of halogens is 1. The largest absolute Gasteiger partial charge is 0.323 e. The van der Waals surface area contributed by atoms with Crippen LogP contribution in [-0.2, 0) is 0 Å². The van der Waals surface area contributed by atoms with Gasteiger partial charge in [-0.25, -0.2) is 9.18 Å². The van der Waals surface area contributed by atoms with Crippen LogP contribution in [-0.4, -0.2) is 6.03 Å². The van der Waals surface area contributed by atoms with Crippen molar-refractivity contribution < 1.29 is 9.18 Å². The molecule has 2 amide bonds. The fourth-order valence-corrected chi connectivity index (χ4v) is 3.02. The first-order valence-electron chi connectivity index (χ1n) is 7.36. The van der Waals surface area contributed by atoms with Crippen LogP contribution >= 0.6 is 11.8 Å². The number of anilines is 2. The summed E-state index contributed by atoms with van der Waals surface area (Å²) in [6.45, 7) is 0. The van der Waals surface area contributed by atoms with Crippen LogP contribution in [0, 0.1) is 5.82 Å². The molecule has 3 nitrogen and oxygen atoms in total. The van der Waals surface area contributed by atoms with Crippen LogP contribution in [0.15, 0.2) is 88.7 Å². The first-order chi connectivity index (χ1) is 11.7. The predicted octanol–water partition coefficient (Wildman–Crippen LogP) is 5.62. The van der Waals surface area contributed by atoms with Crippen molar-refractivity contribution in [3.63, 3.8) is 0 Å². The summed E-state index contributed by atoms with van der Waals surface area (Å²) in [5, 5.41) is 5.51.